The smallest absolute Gasteiger partial charge is 0.344 e. The Morgan fingerprint density at radius 2 is 0.526 bits per heavy atom. The van der Waals surface area contributed by atoms with Gasteiger partial charge in [-0.3, -0.25) is 18.2 Å². The highest BCUT2D eigenvalue weighted by atomic mass is 32.3. The summed E-state index contributed by atoms with van der Waals surface area (Å²) in [5.41, 5.74) is 0. The fourth-order valence-corrected chi connectivity index (χ4v) is 0. The molecule has 0 aliphatic rings. The van der Waals surface area contributed by atoms with Gasteiger partial charge in [-0.25, -0.2) is 10.3 Å². The minimum Gasteiger partial charge on any atom is -0.344 e. The molecule has 0 radical (unpaired) electrons. The van der Waals surface area contributed by atoms with Gasteiger partial charge in [0.1, 0.15) is 0 Å². The highest BCUT2D eigenvalue weighted by molar-refractivity contribution is 7.83. The van der Waals surface area contributed by atoms with Crippen molar-refractivity contribution >= 4 is 31.0 Å². The molecule has 0 amide bonds. The predicted molar refractivity (Wildman–Crippen MR) is 65.7 cm³/mol. The predicted octanol–water partition coefficient (Wildman–Crippen LogP) is -2.51. The second kappa shape index (κ2) is 15.5. The van der Waals surface area contributed by atoms with Crippen molar-refractivity contribution in [2.45, 2.75) is 0 Å². The fraction of sp³-hybridized carbons (Fsp3) is 0. The largest absolute Gasteiger partial charge is 0.394 e. The van der Waals surface area contributed by atoms with E-state index in [1.807, 2.05) is 0 Å². The second-order valence-corrected chi connectivity index (χ2v) is 4.43. The third-order valence-electron chi connectivity index (χ3n) is 0. The summed E-state index contributed by atoms with van der Waals surface area (Å²) in [5, 5.41) is 7.76. The standard InChI is InChI=1S/2H3NO3S.4H3N.H2O4S/c2*1-5(2,3)4;;;;;1-5(2,3)4/h2*(H3,1,2,3,4);4*1H3;(H2,1,2,3,4). The van der Waals surface area contributed by atoms with Crippen LogP contribution >= 0.6 is 0 Å². The van der Waals surface area contributed by atoms with Crippen LogP contribution in [0, 0.1) is 0 Å². The van der Waals surface area contributed by atoms with Crippen LogP contribution in [-0.4, -0.2) is 43.5 Å². The van der Waals surface area contributed by atoms with Crippen LogP contribution in [0.3, 0.4) is 0 Å². The van der Waals surface area contributed by atoms with Crippen molar-refractivity contribution in [3.8, 4) is 0 Å². The molecule has 20 N–H and O–H groups in total. The molecule has 0 fully saturated rings. The minimum absolute atomic E-state index is 0. The van der Waals surface area contributed by atoms with Crippen molar-refractivity contribution in [1.29, 1.82) is 0 Å². The Bertz CT molecular complexity index is 348. The molecule has 0 spiro atoms. The van der Waals surface area contributed by atoms with Crippen molar-refractivity contribution in [2.75, 3.05) is 0 Å². The van der Waals surface area contributed by atoms with Crippen LogP contribution in [0.5, 0.6) is 0 Å². The Labute approximate surface area is 110 Å². The fourth-order valence-electron chi connectivity index (χ4n) is 0. The summed E-state index contributed by atoms with van der Waals surface area (Å²) < 4.78 is 82.0. The van der Waals surface area contributed by atoms with Gasteiger partial charge in [0.25, 0.3) is 0 Å². The van der Waals surface area contributed by atoms with E-state index in [2.05, 4.69) is 10.3 Å². The zero-order valence-corrected chi connectivity index (χ0v) is 11.9. The second-order valence-electron chi connectivity index (χ2n) is 1.48. The molecule has 0 atom stereocenters. The van der Waals surface area contributed by atoms with E-state index in [0.29, 0.717) is 0 Å². The molecule has 0 saturated carbocycles. The van der Waals surface area contributed by atoms with Crippen LogP contribution in [-0.2, 0) is 31.0 Å². The van der Waals surface area contributed by atoms with E-state index in [1.165, 1.54) is 0 Å². The van der Waals surface area contributed by atoms with Crippen LogP contribution in [0.15, 0.2) is 0 Å². The zero-order chi connectivity index (χ0) is 13.5. The Morgan fingerprint density at radius 3 is 0.526 bits per heavy atom. The Kier molecular flexibility index (Phi) is 35.0. The molecule has 0 aromatic heterocycles. The van der Waals surface area contributed by atoms with E-state index in [1.54, 1.807) is 0 Å². The molecule has 0 aliphatic heterocycles. The van der Waals surface area contributed by atoms with Crippen LogP contribution in [0.4, 0.5) is 0 Å². The average Bonchev–Trinajstić information content (AvgIpc) is 1.41. The Hall–Kier alpha value is -0.550. The van der Waals surface area contributed by atoms with Crippen LogP contribution < -0.4 is 34.9 Å². The number of hydrogen-bond acceptors (Lipinski definition) is 10. The molecule has 0 saturated heterocycles. The Morgan fingerprint density at radius 1 is 0.526 bits per heavy atom. The SMILES string of the molecule is N.N.N.N.NS(=O)(=O)O.NS(=O)(=O)O.O=S(=O)(O)O. The van der Waals surface area contributed by atoms with Gasteiger partial charge in [0.05, 0.1) is 0 Å². The van der Waals surface area contributed by atoms with Gasteiger partial charge in [0.2, 0.25) is 0 Å². The maximum atomic E-state index is 8.97. The molecule has 128 valence electrons. The lowest BCUT2D eigenvalue weighted by molar-refractivity contribution is 0.380. The summed E-state index contributed by atoms with van der Waals surface area (Å²) in [6.07, 6.45) is 0. The van der Waals surface area contributed by atoms with Gasteiger partial charge < -0.3 is 24.6 Å². The number of rotatable bonds is 0. The third kappa shape index (κ3) is 13800. The molecule has 16 nitrogen and oxygen atoms in total. The summed E-state index contributed by atoms with van der Waals surface area (Å²) in [5.74, 6) is 0. The lowest BCUT2D eigenvalue weighted by Crippen LogP contribution is -2.08. The van der Waals surface area contributed by atoms with E-state index in [-0.39, 0.29) is 24.6 Å². The molecule has 0 bridgehead atoms. The average molecular weight is 360 g/mol. The summed E-state index contributed by atoms with van der Waals surface area (Å²) >= 11 is 0. The van der Waals surface area contributed by atoms with Crippen molar-refractivity contribution in [1.82, 2.24) is 24.6 Å². The Balaban J connectivity index is -0.0000000206. The molecular formula is H20N6O10S3. The normalized spacial score (nSPS) is 9.16. The van der Waals surface area contributed by atoms with Crippen LogP contribution in [0.1, 0.15) is 0 Å². The summed E-state index contributed by atoms with van der Waals surface area (Å²) in [4.78, 5) is 0. The van der Waals surface area contributed by atoms with E-state index < -0.39 is 31.0 Å². The van der Waals surface area contributed by atoms with Gasteiger partial charge in [0.15, 0.2) is 0 Å². The van der Waals surface area contributed by atoms with E-state index in [4.69, 9.17) is 43.5 Å². The first-order chi connectivity index (χ1) is 6.00. The van der Waals surface area contributed by atoms with Gasteiger partial charge in [-0.15, -0.1) is 0 Å². The van der Waals surface area contributed by atoms with Crippen LogP contribution in [0.25, 0.3) is 0 Å². The van der Waals surface area contributed by atoms with E-state index >= 15 is 0 Å². The molecule has 0 heterocycles. The quantitative estimate of drug-likeness (QED) is 0.199. The minimum atomic E-state index is -4.67. The van der Waals surface area contributed by atoms with Crippen molar-refractivity contribution in [3.63, 3.8) is 0 Å². The molecule has 0 unspecified atom stereocenters. The van der Waals surface area contributed by atoms with Gasteiger partial charge in [0, 0.05) is 0 Å². The van der Waals surface area contributed by atoms with Gasteiger partial charge in [-0.2, -0.15) is 25.3 Å². The van der Waals surface area contributed by atoms with Crippen molar-refractivity contribution in [2.24, 2.45) is 10.3 Å². The third-order valence-corrected chi connectivity index (χ3v) is 0. The first-order valence-corrected chi connectivity index (χ1v) is 6.61. The van der Waals surface area contributed by atoms with Gasteiger partial charge >= 0.3 is 31.0 Å². The van der Waals surface area contributed by atoms with Crippen molar-refractivity contribution in [3.05, 3.63) is 0 Å². The summed E-state index contributed by atoms with van der Waals surface area (Å²) in [6.45, 7) is 0. The summed E-state index contributed by atoms with van der Waals surface area (Å²) in [6, 6.07) is 0. The molecule has 19 heavy (non-hydrogen) atoms. The highest BCUT2D eigenvalue weighted by Crippen LogP contribution is 1.59. The maximum absolute atomic E-state index is 8.97. The monoisotopic (exact) mass is 360 g/mol. The molecule has 0 aliphatic carbocycles. The van der Waals surface area contributed by atoms with Crippen LogP contribution in [0.2, 0.25) is 0 Å². The van der Waals surface area contributed by atoms with E-state index in [0.717, 1.165) is 0 Å². The number of nitrogens with two attached hydrogens (primary N) is 2. The maximum Gasteiger partial charge on any atom is 0.394 e. The lowest BCUT2D eigenvalue weighted by atomic mass is 13.9. The first-order valence-electron chi connectivity index (χ1n) is 2.20. The van der Waals surface area contributed by atoms with Crippen molar-refractivity contribution < 1.29 is 43.5 Å². The van der Waals surface area contributed by atoms with E-state index in [9.17, 15) is 0 Å². The van der Waals surface area contributed by atoms with Gasteiger partial charge in [-0.1, -0.05) is 0 Å². The summed E-state index contributed by atoms with van der Waals surface area (Å²) in [7, 11) is -13.0. The van der Waals surface area contributed by atoms with Gasteiger partial charge in [-0.05, 0) is 0 Å². The molecule has 0 aromatic carbocycles. The highest BCUT2D eigenvalue weighted by Gasteiger charge is 1.84. The topological polar surface area (TPSA) is 375 Å². The lowest BCUT2D eigenvalue weighted by Gasteiger charge is -1.70. The molecule has 0 rings (SSSR count). The molecule has 0 aromatic rings. The first kappa shape index (κ1) is 42.9. The molecule has 19 heteroatoms. The molecular weight excluding hydrogens is 340 g/mol. The number of hydrogen-bond donors (Lipinski definition) is 10. The zero-order valence-electron chi connectivity index (χ0n) is 9.45.